The molecule has 5 nitrogen and oxygen atoms in total. The van der Waals surface area contributed by atoms with Crippen molar-refractivity contribution in [3.63, 3.8) is 0 Å². The highest BCUT2D eigenvalue weighted by Gasteiger charge is 2.24. The summed E-state index contributed by atoms with van der Waals surface area (Å²) in [5.41, 5.74) is 3.99. The van der Waals surface area contributed by atoms with Gasteiger partial charge in [0.15, 0.2) is 10.9 Å². The molecule has 2 aromatic carbocycles. The number of hydrogen-bond donors (Lipinski definition) is 2. The molecule has 2 N–H and O–H groups in total. The van der Waals surface area contributed by atoms with E-state index in [2.05, 4.69) is 10.6 Å². The Morgan fingerprint density at radius 2 is 1.83 bits per heavy atom. The van der Waals surface area contributed by atoms with Crippen LogP contribution in [-0.4, -0.2) is 5.11 Å². The highest BCUT2D eigenvalue weighted by molar-refractivity contribution is 7.80. The maximum atomic E-state index is 13.3. The molecule has 0 radical (unpaired) electrons. The van der Waals surface area contributed by atoms with E-state index in [0.29, 0.717) is 27.7 Å². The summed E-state index contributed by atoms with van der Waals surface area (Å²) in [7, 11) is 0. The fourth-order valence-electron chi connectivity index (χ4n) is 3.89. The topological polar surface area (TPSA) is 67.4 Å². The predicted octanol–water partition coefficient (Wildman–Crippen LogP) is 4.86. The van der Waals surface area contributed by atoms with Crippen molar-refractivity contribution in [2.24, 2.45) is 0 Å². The molecule has 5 rings (SSSR count). The summed E-state index contributed by atoms with van der Waals surface area (Å²) in [5.74, 6) is 0.314. The first-order valence-corrected chi connectivity index (χ1v) is 9.83. The fraction of sp³-hybridized carbons (Fsp3) is 0.130. The molecule has 2 aromatic heterocycles. The van der Waals surface area contributed by atoms with Gasteiger partial charge in [-0.2, -0.15) is 0 Å². The molecule has 1 aliphatic rings. The maximum Gasteiger partial charge on any atom is 0.336 e. The third kappa shape index (κ3) is 2.98. The Balaban J connectivity index is 1.69. The molecule has 150 valence electrons. The van der Waals surface area contributed by atoms with E-state index in [9.17, 15) is 9.18 Å². The summed E-state index contributed by atoms with van der Waals surface area (Å²) in [6.45, 7) is 3.80. The van der Waals surface area contributed by atoms with Crippen LogP contribution in [-0.2, 0) is 0 Å². The molecule has 1 aliphatic heterocycles. The minimum absolute atomic E-state index is 0.237. The van der Waals surface area contributed by atoms with E-state index in [1.807, 2.05) is 32.1 Å². The molecular formula is C23H17FN2O3S. The van der Waals surface area contributed by atoms with Gasteiger partial charge in [-0.1, -0.05) is 12.1 Å². The normalized spacial score (nSPS) is 16.4. The molecule has 0 aliphatic carbocycles. The first-order valence-electron chi connectivity index (χ1n) is 9.42. The summed E-state index contributed by atoms with van der Waals surface area (Å²) in [6, 6.07) is 11.3. The van der Waals surface area contributed by atoms with E-state index < -0.39 is 5.63 Å². The average molecular weight is 420 g/mol. The zero-order valence-corrected chi connectivity index (χ0v) is 17.0. The summed E-state index contributed by atoms with van der Waals surface area (Å²) in [6.07, 6.45) is 1.94. The van der Waals surface area contributed by atoms with Gasteiger partial charge in [0.2, 0.25) is 0 Å². The van der Waals surface area contributed by atoms with Crippen molar-refractivity contribution in [3.8, 4) is 0 Å². The van der Waals surface area contributed by atoms with Gasteiger partial charge in [0.1, 0.15) is 17.0 Å². The summed E-state index contributed by atoms with van der Waals surface area (Å²) in [4.78, 5) is 12.0. The van der Waals surface area contributed by atoms with Crippen LogP contribution in [0.4, 0.5) is 4.39 Å². The van der Waals surface area contributed by atoms with Crippen molar-refractivity contribution >= 4 is 45.0 Å². The van der Waals surface area contributed by atoms with Crippen LogP contribution in [0.3, 0.4) is 0 Å². The fourth-order valence-corrected chi connectivity index (χ4v) is 4.13. The Labute approximate surface area is 176 Å². The van der Waals surface area contributed by atoms with Gasteiger partial charge in [-0.25, -0.2) is 9.18 Å². The van der Waals surface area contributed by atoms with Crippen LogP contribution in [0.1, 0.15) is 28.5 Å². The van der Waals surface area contributed by atoms with Gasteiger partial charge in [0.25, 0.3) is 0 Å². The number of rotatable bonds is 2. The van der Waals surface area contributed by atoms with Crippen LogP contribution in [0.2, 0.25) is 0 Å². The van der Waals surface area contributed by atoms with E-state index in [1.54, 1.807) is 12.1 Å². The standard InChI is InChI=1S/C23H17FN2O3S/c1-11-9-19(27)29-22-15(11)7-8-18-20(22)12(2)21(28-18)17-10-16(25-23(30)26-17)13-3-5-14(24)6-4-13/h3-10,16H,1-2H3,(H2,25,26,30). The van der Waals surface area contributed by atoms with Crippen LogP contribution in [0.25, 0.3) is 27.6 Å². The van der Waals surface area contributed by atoms with Gasteiger partial charge in [0, 0.05) is 17.0 Å². The molecule has 0 spiro atoms. The number of benzene rings is 2. The summed E-state index contributed by atoms with van der Waals surface area (Å²) >= 11 is 5.38. The molecule has 1 atom stereocenters. The molecule has 3 heterocycles. The highest BCUT2D eigenvalue weighted by Crippen LogP contribution is 2.36. The molecular weight excluding hydrogens is 403 g/mol. The zero-order valence-electron chi connectivity index (χ0n) is 16.2. The second-order valence-corrected chi connectivity index (χ2v) is 7.74. The van der Waals surface area contributed by atoms with Crippen molar-refractivity contribution in [3.05, 3.63) is 87.2 Å². The molecule has 0 amide bonds. The van der Waals surface area contributed by atoms with Crippen molar-refractivity contribution in [1.29, 1.82) is 0 Å². The number of furan rings is 1. The highest BCUT2D eigenvalue weighted by atomic mass is 32.1. The lowest BCUT2D eigenvalue weighted by molar-refractivity contribution is 0.562. The smallest absolute Gasteiger partial charge is 0.336 e. The molecule has 1 unspecified atom stereocenters. The number of aryl methyl sites for hydroxylation is 2. The maximum absolute atomic E-state index is 13.3. The van der Waals surface area contributed by atoms with Crippen LogP contribution < -0.4 is 16.3 Å². The van der Waals surface area contributed by atoms with Crippen molar-refractivity contribution < 1.29 is 13.2 Å². The van der Waals surface area contributed by atoms with Crippen molar-refractivity contribution in [2.75, 3.05) is 0 Å². The minimum Gasteiger partial charge on any atom is -0.454 e. The third-order valence-corrected chi connectivity index (χ3v) is 5.57. The second kappa shape index (κ2) is 6.81. The van der Waals surface area contributed by atoms with Gasteiger partial charge < -0.3 is 19.5 Å². The molecule has 0 bridgehead atoms. The van der Waals surface area contributed by atoms with E-state index in [4.69, 9.17) is 21.1 Å². The lowest BCUT2D eigenvalue weighted by atomic mass is 10.0. The second-order valence-electron chi connectivity index (χ2n) is 7.33. The Bertz CT molecular complexity index is 1420. The van der Waals surface area contributed by atoms with Gasteiger partial charge >= 0.3 is 5.63 Å². The number of nitrogens with one attached hydrogen (secondary N) is 2. The van der Waals surface area contributed by atoms with Gasteiger partial charge in [-0.05, 0) is 67.5 Å². The largest absolute Gasteiger partial charge is 0.454 e. The Kier molecular flexibility index (Phi) is 4.22. The number of thiocarbonyl (C=S) groups is 1. The summed E-state index contributed by atoms with van der Waals surface area (Å²) in [5, 5.41) is 8.37. The van der Waals surface area contributed by atoms with Crippen LogP contribution in [0.15, 0.2) is 62.2 Å². The molecule has 4 aromatic rings. The summed E-state index contributed by atoms with van der Waals surface area (Å²) < 4.78 is 25.0. The minimum atomic E-state index is -0.397. The quantitative estimate of drug-likeness (QED) is 0.357. The number of halogens is 1. The van der Waals surface area contributed by atoms with E-state index in [0.717, 1.165) is 27.5 Å². The average Bonchev–Trinajstić information content (AvgIpc) is 3.05. The Morgan fingerprint density at radius 1 is 1.07 bits per heavy atom. The molecule has 30 heavy (non-hydrogen) atoms. The predicted molar refractivity (Wildman–Crippen MR) is 118 cm³/mol. The molecule has 7 heteroatoms. The van der Waals surface area contributed by atoms with Gasteiger partial charge in [-0.3, -0.25) is 0 Å². The molecule has 0 saturated carbocycles. The van der Waals surface area contributed by atoms with Crippen LogP contribution in [0, 0.1) is 19.7 Å². The van der Waals surface area contributed by atoms with Crippen molar-refractivity contribution in [2.45, 2.75) is 19.9 Å². The van der Waals surface area contributed by atoms with E-state index >= 15 is 0 Å². The van der Waals surface area contributed by atoms with E-state index in [-0.39, 0.29) is 11.9 Å². The Hall–Kier alpha value is -3.45. The molecule has 0 saturated heterocycles. The van der Waals surface area contributed by atoms with Crippen LogP contribution in [0.5, 0.6) is 0 Å². The van der Waals surface area contributed by atoms with E-state index in [1.165, 1.54) is 18.2 Å². The third-order valence-electron chi connectivity index (χ3n) is 5.35. The first-order chi connectivity index (χ1) is 14.4. The number of fused-ring (bicyclic) bond motifs is 3. The SMILES string of the molecule is Cc1cc(=O)oc2c1ccc1oc(C3=CC(c4ccc(F)cc4)NC(=S)N3)c(C)c12. The first kappa shape index (κ1) is 18.6. The zero-order chi connectivity index (χ0) is 21.0. The van der Waals surface area contributed by atoms with Gasteiger partial charge in [0.05, 0.1) is 17.1 Å². The lowest BCUT2D eigenvalue weighted by Crippen LogP contribution is -2.40. The Morgan fingerprint density at radius 3 is 2.60 bits per heavy atom. The van der Waals surface area contributed by atoms with Crippen molar-refractivity contribution in [1.82, 2.24) is 10.6 Å². The van der Waals surface area contributed by atoms with Gasteiger partial charge in [-0.15, -0.1) is 0 Å². The van der Waals surface area contributed by atoms with Crippen LogP contribution >= 0.6 is 12.2 Å². The monoisotopic (exact) mass is 420 g/mol. The molecule has 0 fully saturated rings. The number of hydrogen-bond acceptors (Lipinski definition) is 4. The lowest BCUT2D eigenvalue weighted by Gasteiger charge is -2.25.